The standard InChI is InChI=1S/C24H14N4O8/c25-12-13-1-6-16(7-2-13)26-21(15-5-10-19(29)18(11-15)28(35)36)20(23(31)24(26)32)22(30)14-3-8-17(9-4-14)27(33)34/h1-11,21,29-30H/b22-20-. The molecule has 0 radical (unpaired) electrons. The number of nitro benzene ring substituents is 2. The average Bonchev–Trinajstić information content (AvgIpc) is 3.14. The van der Waals surface area contributed by atoms with Gasteiger partial charge in [-0.3, -0.25) is 34.7 Å². The molecule has 3 aromatic carbocycles. The van der Waals surface area contributed by atoms with Crippen LogP contribution in [0.15, 0.2) is 72.3 Å². The van der Waals surface area contributed by atoms with Crippen molar-refractivity contribution in [1.82, 2.24) is 0 Å². The Morgan fingerprint density at radius 3 is 2.14 bits per heavy atom. The first-order chi connectivity index (χ1) is 17.1. The van der Waals surface area contributed by atoms with Gasteiger partial charge in [-0.1, -0.05) is 6.07 Å². The minimum Gasteiger partial charge on any atom is -0.507 e. The Morgan fingerprint density at radius 2 is 1.58 bits per heavy atom. The van der Waals surface area contributed by atoms with Crippen LogP contribution >= 0.6 is 0 Å². The lowest BCUT2D eigenvalue weighted by Crippen LogP contribution is -2.29. The molecule has 0 spiro atoms. The highest BCUT2D eigenvalue weighted by Crippen LogP contribution is 2.44. The molecule has 0 aliphatic carbocycles. The largest absolute Gasteiger partial charge is 0.507 e. The molecule has 36 heavy (non-hydrogen) atoms. The predicted molar refractivity (Wildman–Crippen MR) is 124 cm³/mol. The lowest BCUT2D eigenvalue weighted by molar-refractivity contribution is -0.385. The highest BCUT2D eigenvalue weighted by molar-refractivity contribution is 6.51. The lowest BCUT2D eigenvalue weighted by atomic mass is 9.94. The number of phenols is 1. The molecule has 1 saturated heterocycles. The van der Waals surface area contributed by atoms with Gasteiger partial charge in [0.15, 0.2) is 5.75 Å². The van der Waals surface area contributed by atoms with Gasteiger partial charge in [-0.25, -0.2) is 0 Å². The number of hydrogen-bond donors (Lipinski definition) is 2. The second kappa shape index (κ2) is 8.99. The highest BCUT2D eigenvalue weighted by atomic mass is 16.6. The van der Waals surface area contributed by atoms with Crippen LogP contribution in [0.4, 0.5) is 17.1 Å². The van der Waals surface area contributed by atoms with E-state index in [1.165, 1.54) is 42.5 Å². The van der Waals surface area contributed by atoms with Crippen LogP contribution in [0.5, 0.6) is 5.75 Å². The third-order valence-corrected chi connectivity index (χ3v) is 5.58. The van der Waals surface area contributed by atoms with Crippen LogP contribution in [0.1, 0.15) is 22.7 Å². The highest BCUT2D eigenvalue weighted by Gasteiger charge is 2.47. The third kappa shape index (κ3) is 3.97. The number of carbonyl (C=O) groups excluding carboxylic acids is 2. The SMILES string of the molecule is N#Cc1ccc(N2C(=O)C(=O)/C(=C(\O)c3ccc([N+](=O)[O-])cc3)C2c2ccc(O)c([N+](=O)[O-])c2)cc1. The van der Waals surface area contributed by atoms with E-state index in [0.29, 0.717) is 0 Å². The molecule has 1 unspecified atom stereocenters. The third-order valence-electron chi connectivity index (χ3n) is 5.58. The summed E-state index contributed by atoms with van der Waals surface area (Å²) in [4.78, 5) is 48.1. The van der Waals surface area contributed by atoms with Crippen LogP contribution in [0.25, 0.3) is 5.76 Å². The molecule has 1 atom stereocenters. The normalized spacial score (nSPS) is 16.5. The zero-order valence-electron chi connectivity index (χ0n) is 18.1. The average molecular weight is 486 g/mol. The van der Waals surface area contributed by atoms with Gasteiger partial charge in [0.05, 0.1) is 33.1 Å². The Bertz CT molecular complexity index is 1500. The topological polar surface area (TPSA) is 188 Å². The number of aliphatic hydroxyl groups excluding tert-OH is 1. The summed E-state index contributed by atoms with van der Waals surface area (Å²) in [5, 5.41) is 52.4. The fourth-order valence-corrected chi connectivity index (χ4v) is 3.86. The molecule has 1 aliphatic rings. The first-order valence-electron chi connectivity index (χ1n) is 10.2. The maximum absolute atomic E-state index is 13.1. The Balaban J connectivity index is 1.96. The maximum atomic E-state index is 13.1. The Kier molecular flexibility index (Phi) is 5.89. The minimum atomic E-state index is -1.35. The van der Waals surface area contributed by atoms with E-state index in [0.717, 1.165) is 29.2 Å². The van der Waals surface area contributed by atoms with Crippen molar-refractivity contribution < 1.29 is 29.6 Å². The summed E-state index contributed by atoms with van der Waals surface area (Å²) < 4.78 is 0. The minimum absolute atomic E-state index is 0.00305. The number of ketones is 1. The van der Waals surface area contributed by atoms with Crippen LogP contribution in [-0.2, 0) is 9.59 Å². The van der Waals surface area contributed by atoms with Gasteiger partial charge in [-0.15, -0.1) is 0 Å². The molecule has 1 aliphatic heterocycles. The van der Waals surface area contributed by atoms with Gasteiger partial charge in [-0.05, 0) is 48.0 Å². The number of Topliss-reactive ketones (excluding diaryl/α,β-unsaturated/α-hetero) is 1. The molecule has 178 valence electrons. The number of aliphatic hydroxyl groups is 1. The zero-order chi connectivity index (χ0) is 26.1. The number of carbonyl (C=O) groups is 2. The first kappa shape index (κ1) is 23.6. The molecule has 1 amide bonds. The second-order valence-electron chi connectivity index (χ2n) is 7.64. The summed E-state index contributed by atoms with van der Waals surface area (Å²) in [5.74, 6) is -3.45. The summed E-state index contributed by atoms with van der Waals surface area (Å²) in [6.45, 7) is 0. The Hall–Kier alpha value is -5.57. The summed E-state index contributed by atoms with van der Waals surface area (Å²) in [5.41, 5.74) is -0.900. The fraction of sp³-hybridized carbons (Fsp3) is 0.0417. The summed E-state index contributed by atoms with van der Waals surface area (Å²) in [7, 11) is 0. The van der Waals surface area contributed by atoms with Crippen molar-refractivity contribution in [3.8, 4) is 11.8 Å². The van der Waals surface area contributed by atoms with Crippen molar-refractivity contribution in [3.63, 3.8) is 0 Å². The molecule has 1 heterocycles. The summed E-state index contributed by atoms with van der Waals surface area (Å²) in [6.07, 6.45) is 0. The van der Waals surface area contributed by atoms with E-state index in [9.17, 15) is 40.0 Å². The number of aromatic hydroxyl groups is 1. The zero-order valence-corrected chi connectivity index (χ0v) is 18.1. The van der Waals surface area contributed by atoms with Crippen LogP contribution < -0.4 is 4.90 Å². The van der Waals surface area contributed by atoms with Gasteiger partial charge in [0.1, 0.15) is 5.76 Å². The molecule has 12 heteroatoms. The van der Waals surface area contributed by atoms with Crippen molar-refractivity contribution >= 4 is 34.5 Å². The molecule has 0 bridgehead atoms. The lowest BCUT2D eigenvalue weighted by Gasteiger charge is -2.25. The number of anilines is 1. The van der Waals surface area contributed by atoms with Crippen molar-refractivity contribution in [2.75, 3.05) is 4.90 Å². The first-order valence-corrected chi connectivity index (χ1v) is 10.2. The van der Waals surface area contributed by atoms with E-state index in [2.05, 4.69) is 0 Å². The van der Waals surface area contributed by atoms with Gasteiger partial charge in [-0.2, -0.15) is 5.26 Å². The van der Waals surface area contributed by atoms with Crippen molar-refractivity contribution in [3.05, 3.63) is 109 Å². The molecule has 0 aromatic heterocycles. The van der Waals surface area contributed by atoms with Gasteiger partial charge in [0.25, 0.3) is 17.4 Å². The molecule has 12 nitrogen and oxygen atoms in total. The van der Waals surface area contributed by atoms with Crippen LogP contribution in [0.2, 0.25) is 0 Å². The quantitative estimate of drug-likeness (QED) is 0.178. The molecule has 1 fully saturated rings. The Morgan fingerprint density at radius 1 is 0.944 bits per heavy atom. The molecule has 2 N–H and O–H groups in total. The predicted octanol–water partition coefficient (Wildman–Crippen LogP) is 3.71. The van der Waals surface area contributed by atoms with Gasteiger partial charge >= 0.3 is 5.69 Å². The summed E-state index contributed by atoms with van der Waals surface area (Å²) in [6, 6.07) is 14.0. The van der Waals surface area contributed by atoms with Crippen molar-refractivity contribution in [2.45, 2.75) is 6.04 Å². The number of phenolic OH excluding ortho intramolecular Hbond substituents is 1. The monoisotopic (exact) mass is 486 g/mol. The van der Waals surface area contributed by atoms with Crippen LogP contribution in [0, 0.1) is 31.6 Å². The number of nitro groups is 2. The van der Waals surface area contributed by atoms with E-state index in [4.69, 9.17) is 5.26 Å². The van der Waals surface area contributed by atoms with Crippen LogP contribution in [0.3, 0.4) is 0 Å². The van der Waals surface area contributed by atoms with E-state index in [1.54, 1.807) is 0 Å². The molecule has 4 rings (SSSR count). The van der Waals surface area contributed by atoms with Gasteiger partial charge < -0.3 is 10.2 Å². The van der Waals surface area contributed by atoms with E-state index in [1.807, 2.05) is 6.07 Å². The van der Waals surface area contributed by atoms with Crippen LogP contribution in [-0.4, -0.2) is 31.8 Å². The Labute approximate surface area is 201 Å². The summed E-state index contributed by atoms with van der Waals surface area (Å²) >= 11 is 0. The van der Waals surface area contributed by atoms with Crippen molar-refractivity contribution in [1.29, 1.82) is 5.26 Å². The van der Waals surface area contributed by atoms with E-state index >= 15 is 0 Å². The fourth-order valence-electron chi connectivity index (χ4n) is 3.86. The van der Waals surface area contributed by atoms with E-state index < -0.39 is 50.3 Å². The smallest absolute Gasteiger partial charge is 0.311 e. The number of benzene rings is 3. The number of nitrogens with zero attached hydrogens (tertiary/aromatic N) is 4. The van der Waals surface area contributed by atoms with E-state index in [-0.39, 0.29) is 28.1 Å². The number of hydrogen-bond acceptors (Lipinski definition) is 9. The van der Waals surface area contributed by atoms with Crippen molar-refractivity contribution in [2.24, 2.45) is 0 Å². The molecule has 0 saturated carbocycles. The van der Waals surface area contributed by atoms with Gasteiger partial charge in [0, 0.05) is 29.4 Å². The number of non-ortho nitro benzene ring substituents is 1. The number of rotatable bonds is 5. The number of nitriles is 1. The second-order valence-corrected chi connectivity index (χ2v) is 7.64. The van der Waals surface area contributed by atoms with Gasteiger partial charge in [0.2, 0.25) is 0 Å². The molecular formula is C24H14N4O8. The number of amides is 1. The molecular weight excluding hydrogens is 472 g/mol. The maximum Gasteiger partial charge on any atom is 0.311 e. The molecule has 3 aromatic rings.